The molecular weight excluding hydrogens is 260 g/mol. The van der Waals surface area contributed by atoms with Crippen LogP contribution in [0.25, 0.3) is 10.9 Å². The highest BCUT2D eigenvalue weighted by Gasteiger charge is 2.20. The van der Waals surface area contributed by atoms with Crippen molar-refractivity contribution in [2.24, 2.45) is 0 Å². The number of carbonyl (C=O) groups excluding carboxylic acids is 1. The number of hydrogen-bond donors (Lipinski definition) is 1. The maximum atomic E-state index is 12.7. The summed E-state index contributed by atoms with van der Waals surface area (Å²) in [6.07, 6.45) is 6.07. The second-order valence-electron chi connectivity index (χ2n) is 5.85. The maximum Gasteiger partial charge on any atom is 0.255 e. The number of benzene rings is 1. The second kappa shape index (κ2) is 5.92. The van der Waals surface area contributed by atoms with E-state index in [0.717, 1.165) is 37.0 Å². The third-order valence-corrected chi connectivity index (χ3v) is 4.66. The Bertz CT molecular complexity index is 653. The first-order chi connectivity index (χ1) is 10.3. The molecule has 1 heterocycles. The molecule has 0 radical (unpaired) electrons. The standard InChI is InChI=1S/C18H24N2O/c1-3-20(4-2)18(21)15-11-8-10-14-13-9-6-5-7-12-16(13)19-17(14)15/h8,10-11,19H,3-7,9,12H2,1-2H3. The van der Waals surface area contributed by atoms with Gasteiger partial charge in [-0.25, -0.2) is 0 Å². The lowest BCUT2D eigenvalue weighted by Crippen LogP contribution is -2.30. The molecule has 1 aromatic carbocycles. The fourth-order valence-corrected chi connectivity index (χ4v) is 3.47. The molecule has 0 unspecified atom stereocenters. The molecule has 0 atom stereocenters. The number of nitrogens with one attached hydrogen (secondary N) is 1. The molecule has 0 saturated heterocycles. The van der Waals surface area contributed by atoms with Crippen LogP contribution in [0.5, 0.6) is 0 Å². The smallest absolute Gasteiger partial charge is 0.255 e. The number of nitrogens with zero attached hydrogens (tertiary/aromatic N) is 1. The van der Waals surface area contributed by atoms with E-state index in [2.05, 4.69) is 11.1 Å². The summed E-state index contributed by atoms with van der Waals surface area (Å²) in [4.78, 5) is 18.2. The summed E-state index contributed by atoms with van der Waals surface area (Å²) in [5.74, 6) is 0.141. The summed E-state index contributed by atoms with van der Waals surface area (Å²) in [5.41, 5.74) is 4.66. The van der Waals surface area contributed by atoms with E-state index in [1.165, 1.54) is 35.9 Å². The van der Waals surface area contributed by atoms with Crippen LogP contribution < -0.4 is 0 Å². The largest absolute Gasteiger partial charge is 0.358 e. The van der Waals surface area contributed by atoms with Gasteiger partial charge in [0.1, 0.15) is 0 Å². The molecule has 21 heavy (non-hydrogen) atoms. The number of hydrogen-bond acceptors (Lipinski definition) is 1. The lowest BCUT2D eigenvalue weighted by atomic mass is 10.0. The fourth-order valence-electron chi connectivity index (χ4n) is 3.47. The van der Waals surface area contributed by atoms with Crippen molar-refractivity contribution in [1.82, 2.24) is 9.88 Å². The number of rotatable bonds is 3. The van der Waals surface area contributed by atoms with Gasteiger partial charge in [0.05, 0.1) is 11.1 Å². The molecule has 0 spiro atoms. The topological polar surface area (TPSA) is 36.1 Å². The van der Waals surface area contributed by atoms with Gasteiger partial charge in [0.2, 0.25) is 0 Å². The van der Waals surface area contributed by atoms with E-state index >= 15 is 0 Å². The van der Waals surface area contributed by atoms with Crippen LogP contribution in [-0.2, 0) is 12.8 Å². The Morgan fingerprint density at radius 3 is 2.67 bits per heavy atom. The van der Waals surface area contributed by atoms with Gasteiger partial charge in [-0.1, -0.05) is 18.6 Å². The Kier molecular flexibility index (Phi) is 4.00. The Labute approximate surface area is 126 Å². The van der Waals surface area contributed by atoms with Gasteiger partial charge in [0.25, 0.3) is 5.91 Å². The highest BCUT2D eigenvalue weighted by molar-refractivity contribution is 6.06. The Balaban J connectivity index is 2.10. The molecule has 0 bridgehead atoms. The number of amides is 1. The van der Waals surface area contributed by atoms with Crippen molar-refractivity contribution in [3.63, 3.8) is 0 Å². The average Bonchev–Trinajstić information content (AvgIpc) is 2.70. The molecule has 3 heteroatoms. The van der Waals surface area contributed by atoms with Gasteiger partial charge in [-0.05, 0) is 51.2 Å². The Morgan fingerprint density at radius 2 is 1.90 bits per heavy atom. The van der Waals surface area contributed by atoms with Crippen molar-refractivity contribution >= 4 is 16.8 Å². The predicted molar refractivity (Wildman–Crippen MR) is 86.8 cm³/mol. The van der Waals surface area contributed by atoms with Crippen molar-refractivity contribution in [3.05, 3.63) is 35.0 Å². The zero-order valence-electron chi connectivity index (χ0n) is 13.0. The molecule has 1 aromatic heterocycles. The fraction of sp³-hybridized carbons (Fsp3) is 0.500. The summed E-state index contributed by atoms with van der Waals surface area (Å²) in [5, 5.41) is 1.25. The number of aromatic nitrogens is 1. The minimum absolute atomic E-state index is 0.141. The second-order valence-corrected chi connectivity index (χ2v) is 5.85. The first kappa shape index (κ1) is 14.2. The van der Waals surface area contributed by atoms with Crippen LogP contribution >= 0.6 is 0 Å². The van der Waals surface area contributed by atoms with Gasteiger partial charge in [-0.3, -0.25) is 4.79 Å². The molecular formula is C18H24N2O. The Hall–Kier alpha value is -1.77. The SMILES string of the molecule is CCN(CC)C(=O)c1cccc2c3c([nH]c12)CCCCC3. The van der Waals surface area contributed by atoms with Gasteiger partial charge in [-0.15, -0.1) is 0 Å². The molecule has 1 amide bonds. The first-order valence-corrected chi connectivity index (χ1v) is 8.18. The van der Waals surface area contributed by atoms with Crippen molar-refractivity contribution in [2.45, 2.75) is 46.0 Å². The maximum absolute atomic E-state index is 12.7. The van der Waals surface area contributed by atoms with E-state index < -0.39 is 0 Å². The van der Waals surface area contributed by atoms with E-state index in [1.807, 2.05) is 30.9 Å². The quantitative estimate of drug-likeness (QED) is 0.852. The number of carbonyl (C=O) groups is 1. The van der Waals surface area contributed by atoms with Gasteiger partial charge in [0.15, 0.2) is 0 Å². The summed E-state index contributed by atoms with van der Waals surface area (Å²) >= 11 is 0. The average molecular weight is 284 g/mol. The number of aromatic amines is 1. The van der Waals surface area contributed by atoms with Crippen molar-refractivity contribution < 1.29 is 4.79 Å². The van der Waals surface area contributed by atoms with Crippen molar-refractivity contribution in [3.8, 4) is 0 Å². The molecule has 2 aromatic rings. The van der Waals surface area contributed by atoms with E-state index in [1.54, 1.807) is 0 Å². The minimum atomic E-state index is 0.141. The number of H-pyrrole nitrogens is 1. The molecule has 3 nitrogen and oxygen atoms in total. The third-order valence-electron chi connectivity index (χ3n) is 4.66. The van der Waals surface area contributed by atoms with Crippen LogP contribution in [0.2, 0.25) is 0 Å². The van der Waals surface area contributed by atoms with Gasteiger partial charge >= 0.3 is 0 Å². The molecule has 0 aliphatic heterocycles. The lowest BCUT2D eigenvalue weighted by molar-refractivity contribution is 0.0775. The van der Waals surface area contributed by atoms with Gasteiger partial charge < -0.3 is 9.88 Å². The van der Waals surface area contributed by atoms with Crippen LogP contribution in [0.4, 0.5) is 0 Å². The highest BCUT2D eigenvalue weighted by atomic mass is 16.2. The minimum Gasteiger partial charge on any atom is -0.358 e. The third kappa shape index (κ3) is 2.45. The van der Waals surface area contributed by atoms with Crippen LogP contribution in [0, 0.1) is 0 Å². The summed E-state index contributed by atoms with van der Waals surface area (Å²) < 4.78 is 0. The summed E-state index contributed by atoms with van der Waals surface area (Å²) in [6, 6.07) is 6.14. The molecule has 3 rings (SSSR count). The van der Waals surface area contributed by atoms with Crippen molar-refractivity contribution in [1.29, 1.82) is 0 Å². The normalized spacial score (nSPS) is 14.8. The molecule has 0 fully saturated rings. The van der Waals surface area contributed by atoms with E-state index in [9.17, 15) is 4.79 Å². The summed E-state index contributed by atoms with van der Waals surface area (Å²) in [7, 11) is 0. The van der Waals surface area contributed by atoms with Crippen molar-refractivity contribution in [2.75, 3.05) is 13.1 Å². The lowest BCUT2D eigenvalue weighted by Gasteiger charge is -2.19. The monoisotopic (exact) mass is 284 g/mol. The zero-order chi connectivity index (χ0) is 14.8. The predicted octanol–water partition coefficient (Wildman–Crippen LogP) is 3.92. The van der Waals surface area contributed by atoms with Crippen LogP contribution in [-0.4, -0.2) is 28.9 Å². The zero-order valence-corrected chi connectivity index (χ0v) is 13.0. The van der Waals surface area contributed by atoms with E-state index in [-0.39, 0.29) is 5.91 Å². The van der Waals surface area contributed by atoms with E-state index in [0.29, 0.717) is 0 Å². The number of fused-ring (bicyclic) bond motifs is 3. The molecule has 112 valence electrons. The number of aryl methyl sites for hydroxylation is 2. The van der Waals surface area contributed by atoms with Gasteiger partial charge in [-0.2, -0.15) is 0 Å². The van der Waals surface area contributed by atoms with Crippen LogP contribution in [0.15, 0.2) is 18.2 Å². The molecule has 1 aliphatic rings. The van der Waals surface area contributed by atoms with Crippen LogP contribution in [0.3, 0.4) is 0 Å². The van der Waals surface area contributed by atoms with Gasteiger partial charge in [0, 0.05) is 24.2 Å². The highest BCUT2D eigenvalue weighted by Crippen LogP contribution is 2.30. The molecule has 1 N–H and O–H groups in total. The van der Waals surface area contributed by atoms with Crippen LogP contribution in [0.1, 0.15) is 54.7 Å². The Morgan fingerprint density at radius 1 is 1.14 bits per heavy atom. The molecule has 0 saturated carbocycles. The number of para-hydroxylation sites is 1. The van der Waals surface area contributed by atoms with E-state index in [4.69, 9.17) is 0 Å². The summed E-state index contributed by atoms with van der Waals surface area (Å²) in [6.45, 7) is 5.58. The molecule has 1 aliphatic carbocycles. The first-order valence-electron chi connectivity index (χ1n) is 8.18.